The van der Waals surface area contributed by atoms with Gasteiger partial charge in [0.1, 0.15) is 0 Å². The van der Waals surface area contributed by atoms with E-state index in [4.69, 9.17) is 0 Å². The molecule has 0 aromatic heterocycles. The van der Waals surface area contributed by atoms with E-state index in [1.807, 2.05) is 65.3 Å². The van der Waals surface area contributed by atoms with E-state index in [2.05, 4.69) is 18.7 Å². The van der Waals surface area contributed by atoms with Crippen molar-refractivity contribution in [2.45, 2.75) is 6.04 Å². The summed E-state index contributed by atoms with van der Waals surface area (Å²) in [5.74, 6) is 0.374. The fourth-order valence-corrected chi connectivity index (χ4v) is 2.80. The first-order chi connectivity index (χ1) is 10.3. The standard InChI is InChI=1S/C19H17NO/c1-2-3-14-17-18(15-10-6-4-7-11-15)20(19(17)21)16-12-8-5-9-13-16/h2-14,17-18H,1H2/p+1/b14-3+/t17-,18-/m0/s1. The average molecular weight is 276 g/mol. The molecule has 2 nitrogen and oxygen atoms in total. The Kier molecular flexibility index (Phi) is 3.69. The third-order valence-corrected chi connectivity index (χ3v) is 3.79. The minimum absolute atomic E-state index is 0.00870. The summed E-state index contributed by atoms with van der Waals surface area (Å²) in [5.41, 5.74) is 2.20. The number of hydrogen-bond donors (Lipinski definition) is 1. The lowest BCUT2D eigenvalue weighted by Gasteiger charge is -2.29. The quantitative estimate of drug-likeness (QED) is 0.649. The summed E-state index contributed by atoms with van der Waals surface area (Å²) < 4.78 is 1.98. The van der Waals surface area contributed by atoms with Crippen LogP contribution in [0.3, 0.4) is 0 Å². The smallest absolute Gasteiger partial charge is 0.354 e. The van der Waals surface area contributed by atoms with Gasteiger partial charge in [0.25, 0.3) is 0 Å². The van der Waals surface area contributed by atoms with Crippen LogP contribution in [-0.2, 0) is 0 Å². The minimum atomic E-state index is -0.00870. The van der Waals surface area contributed by atoms with Crippen molar-refractivity contribution in [2.24, 2.45) is 5.92 Å². The number of rotatable bonds is 4. The van der Waals surface area contributed by atoms with Gasteiger partial charge in [-0.25, -0.2) is 0 Å². The van der Waals surface area contributed by atoms with Crippen LogP contribution in [0.1, 0.15) is 11.6 Å². The molecule has 1 aliphatic heterocycles. The molecule has 1 N–H and O–H groups in total. The first kappa shape index (κ1) is 13.4. The van der Waals surface area contributed by atoms with Gasteiger partial charge in [0.2, 0.25) is 11.7 Å². The van der Waals surface area contributed by atoms with Crippen LogP contribution in [0, 0.1) is 5.92 Å². The Bertz CT molecular complexity index is 686. The maximum absolute atomic E-state index is 10.4. The number of aliphatic hydroxyl groups is 1. The summed E-state index contributed by atoms with van der Waals surface area (Å²) in [7, 11) is 0. The minimum Gasteiger partial charge on any atom is -0.463 e. The van der Waals surface area contributed by atoms with Gasteiger partial charge < -0.3 is 5.11 Å². The summed E-state index contributed by atoms with van der Waals surface area (Å²) in [6, 6.07) is 20.4. The fourth-order valence-electron chi connectivity index (χ4n) is 2.80. The van der Waals surface area contributed by atoms with Crippen molar-refractivity contribution in [2.75, 3.05) is 0 Å². The lowest BCUT2D eigenvalue weighted by molar-refractivity contribution is -0.542. The van der Waals surface area contributed by atoms with Crippen LogP contribution in [0.4, 0.5) is 5.69 Å². The molecule has 2 heteroatoms. The highest BCUT2D eigenvalue weighted by Gasteiger charge is 2.50. The molecule has 0 aliphatic carbocycles. The topological polar surface area (TPSA) is 23.2 Å². The number of aliphatic hydroxyl groups excluding tert-OH is 1. The Morgan fingerprint density at radius 2 is 1.57 bits per heavy atom. The number of allylic oxidation sites excluding steroid dienone is 2. The van der Waals surface area contributed by atoms with Crippen LogP contribution in [0.2, 0.25) is 0 Å². The van der Waals surface area contributed by atoms with Gasteiger partial charge in [-0.1, -0.05) is 73.3 Å². The van der Waals surface area contributed by atoms with Gasteiger partial charge in [-0.15, -0.1) is 0 Å². The number of hydrogen-bond acceptors (Lipinski definition) is 0. The third kappa shape index (κ3) is 2.40. The van der Waals surface area contributed by atoms with E-state index >= 15 is 0 Å². The molecule has 0 unspecified atom stereocenters. The lowest BCUT2D eigenvalue weighted by atomic mass is 9.85. The molecule has 3 rings (SSSR count). The van der Waals surface area contributed by atoms with Gasteiger partial charge in [0.05, 0.1) is 0 Å². The SMILES string of the molecule is C=C/C=C/[C@@H]1C(O)=[N+](c2ccccc2)[C@H]1c1ccccc1. The second kappa shape index (κ2) is 5.80. The van der Waals surface area contributed by atoms with Crippen LogP contribution in [0.15, 0.2) is 85.5 Å². The Morgan fingerprint density at radius 3 is 2.19 bits per heavy atom. The molecule has 1 heterocycles. The lowest BCUT2D eigenvalue weighted by Crippen LogP contribution is -2.43. The largest absolute Gasteiger partial charge is 0.463 e. The zero-order valence-corrected chi connectivity index (χ0v) is 11.8. The summed E-state index contributed by atoms with van der Waals surface area (Å²) in [5, 5.41) is 10.4. The van der Waals surface area contributed by atoms with Crippen LogP contribution in [0.25, 0.3) is 0 Å². The molecular formula is C19H18NO+. The monoisotopic (exact) mass is 276 g/mol. The van der Waals surface area contributed by atoms with Gasteiger partial charge in [0, 0.05) is 17.7 Å². The predicted octanol–water partition coefficient (Wildman–Crippen LogP) is 4.40. The summed E-state index contributed by atoms with van der Waals surface area (Å²) in [4.78, 5) is 0. The van der Waals surface area contributed by atoms with E-state index in [1.54, 1.807) is 6.08 Å². The van der Waals surface area contributed by atoms with E-state index < -0.39 is 0 Å². The first-order valence-corrected chi connectivity index (χ1v) is 7.07. The van der Waals surface area contributed by atoms with Crippen molar-refractivity contribution < 1.29 is 9.68 Å². The van der Waals surface area contributed by atoms with Gasteiger partial charge >= 0.3 is 5.90 Å². The zero-order chi connectivity index (χ0) is 14.7. The molecule has 2 atom stereocenters. The summed E-state index contributed by atoms with van der Waals surface area (Å²) in [6.45, 7) is 3.70. The average Bonchev–Trinajstić information content (AvgIpc) is 2.54. The van der Waals surface area contributed by atoms with Crippen molar-refractivity contribution in [3.8, 4) is 0 Å². The molecule has 0 amide bonds. The molecule has 0 saturated heterocycles. The third-order valence-electron chi connectivity index (χ3n) is 3.79. The molecule has 1 aliphatic rings. The van der Waals surface area contributed by atoms with Gasteiger partial charge in [-0.3, -0.25) is 0 Å². The molecule has 0 bridgehead atoms. The van der Waals surface area contributed by atoms with Gasteiger partial charge in [-0.2, -0.15) is 4.58 Å². The number of nitrogens with zero attached hydrogens (tertiary/aromatic N) is 1. The van der Waals surface area contributed by atoms with Crippen LogP contribution >= 0.6 is 0 Å². The highest BCUT2D eigenvalue weighted by atomic mass is 16.3. The maximum atomic E-state index is 10.4. The highest BCUT2D eigenvalue weighted by Crippen LogP contribution is 2.40. The Balaban J connectivity index is 2.05. The first-order valence-electron chi connectivity index (χ1n) is 7.07. The Morgan fingerprint density at radius 1 is 0.952 bits per heavy atom. The van der Waals surface area contributed by atoms with Crippen molar-refractivity contribution in [3.05, 3.63) is 91.0 Å². The van der Waals surface area contributed by atoms with Crippen LogP contribution < -0.4 is 0 Å². The normalized spacial score (nSPS) is 21.3. The molecule has 0 spiro atoms. The molecular weight excluding hydrogens is 258 g/mol. The van der Waals surface area contributed by atoms with Gasteiger partial charge in [0.15, 0.2) is 5.92 Å². The van der Waals surface area contributed by atoms with Crippen molar-refractivity contribution >= 4 is 11.6 Å². The zero-order valence-electron chi connectivity index (χ0n) is 11.8. The molecule has 21 heavy (non-hydrogen) atoms. The fraction of sp³-hybridized carbons (Fsp3) is 0.105. The second-order valence-electron chi connectivity index (χ2n) is 5.07. The van der Waals surface area contributed by atoms with Crippen LogP contribution in [0.5, 0.6) is 0 Å². The molecule has 0 radical (unpaired) electrons. The Hall–Kier alpha value is -2.61. The summed E-state index contributed by atoms with van der Waals surface area (Å²) >= 11 is 0. The predicted molar refractivity (Wildman–Crippen MR) is 86.0 cm³/mol. The molecule has 2 aromatic carbocycles. The van der Waals surface area contributed by atoms with E-state index in [9.17, 15) is 5.11 Å². The highest BCUT2D eigenvalue weighted by molar-refractivity contribution is 5.80. The van der Waals surface area contributed by atoms with E-state index in [0.29, 0.717) is 5.90 Å². The molecule has 0 fully saturated rings. The van der Waals surface area contributed by atoms with E-state index in [-0.39, 0.29) is 12.0 Å². The van der Waals surface area contributed by atoms with Crippen molar-refractivity contribution in [3.63, 3.8) is 0 Å². The van der Waals surface area contributed by atoms with E-state index in [0.717, 1.165) is 5.69 Å². The van der Waals surface area contributed by atoms with E-state index in [1.165, 1.54) is 5.56 Å². The number of para-hydroxylation sites is 1. The Labute approximate surface area is 125 Å². The molecule has 2 aromatic rings. The number of benzene rings is 2. The second-order valence-corrected chi connectivity index (χ2v) is 5.07. The van der Waals surface area contributed by atoms with Crippen molar-refractivity contribution in [1.29, 1.82) is 0 Å². The summed E-state index contributed by atoms with van der Waals surface area (Å²) in [6.07, 6.45) is 5.62. The van der Waals surface area contributed by atoms with Crippen LogP contribution in [-0.4, -0.2) is 15.6 Å². The molecule has 0 saturated carbocycles. The van der Waals surface area contributed by atoms with Crippen molar-refractivity contribution in [1.82, 2.24) is 0 Å². The molecule has 104 valence electrons. The van der Waals surface area contributed by atoms with Gasteiger partial charge in [-0.05, 0) is 0 Å². The maximum Gasteiger partial charge on any atom is 0.354 e.